The van der Waals surface area contributed by atoms with Crippen LogP contribution in [0, 0.1) is 5.82 Å². The predicted octanol–water partition coefficient (Wildman–Crippen LogP) is 5.21. The van der Waals surface area contributed by atoms with Gasteiger partial charge in [0.15, 0.2) is 5.82 Å². The molecule has 2 amide bonds. The van der Waals surface area contributed by atoms with Crippen molar-refractivity contribution in [2.45, 2.75) is 32.1 Å². The van der Waals surface area contributed by atoms with Gasteiger partial charge >= 0.3 is 12.2 Å². The number of likely N-dealkylation sites (tertiary alicyclic amines) is 1. The Kier molecular flexibility index (Phi) is 9.99. The first-order chi connectivity index (χ1) is 13.8. The van der Waals surface area contributed by atoms with Gasteiger partial charge in [0.25, 0.3) is 0 Å². The first-order valence-corrected chi connectivity index (χ1v) is 9.34. The van der Waals surface area contributed by atoms with Crippen LogP contribution < -0.4 is 5.32 Å². The lowest BCUT2D eigenvalue weighted by Crippen LogP contribution is -2.44. The first kappa shape index (κ1) is 26.9. The van der Waals surface area contributed by atoms with Crippen molar-refractivity contribution >= 4 is 36.5 Å². The Balaban J connectivity index is 0.00000240. The van der Waals surface area contributed by atoms with Crippen LogP contribution in [0.2, 0.25) is 0 Å². The molecule has 3 rings (SSSR count). The molecule has 2 heterocycles. The van der Waals surface area contributed by atoms with Crippen LogP contribution in [0.25, 0.3) is 0 Å². The lowest BCUT2D eigenvalue weighted by molar-refractivity contribution is -0.139. The molecule has 0 saturated carbocycles. The Morgan fingerprint density at radius 2 is 2.00 bits per heavy atom. The van der Waals surface area contributed by atoms with Crippen LogP contribution in [0.15, 0.2) is 42.7 Å². The molecular weight excluding hydrogens is 459 g/mol. The number of likely N-dealkylation sites (N-methyl/N-ethyl adjacent to an activating group) is 1. The summed E-state index contributed by atoms with van der Waals surface area (Å²) in [5.74, 6) is -1.48. The zero-order valence-electron chi connectivity index (χ0n) is 16.7. The van der Waals surface area contributed by atoms with E-state index in [-0.39, 0.29) is 30.9 Å². The molecule has 1 N–H and O–H groups in total. The summed E-state index contributed by atoms with van der Waals surface area (Å²) >= 11 is 0. The smallest absolute Gasteiger partial charge is 0.320 e. The largest absolute Gasteiger partial charge is 0.419 e. The van der Waals surface area contributed by atoms with Gasteiger partial charge in [0.1, 0.15) is 0 Å². The van der Waals surface area contributed by atoms with Gasteiger partial charge in [0.2, 0.25) is 0 Å². The maximum absolute atomic E-state index is 14.2. The number of aromatic nitrogens is 1. The van der Waals surface area contributed by atoms with Gasteiger partial charge in [-0.1, -0.05) is 12.1 Å². The SMILES string of the molecule is CCN(C(=O)Nc1cccc(C(F)(F)F)c1F)C1CCN(Cc2cccnc2)C1.Cl.Cl. The number of anilines is 1. The molecule has 1 saturated heterocycles. The molecule has 0 bridgehead atoms. The van der Waals surface area contributed by atoms with Gasteiger partial charge in [0, 0.05) is 44.6 Å². The van der Waals surface area contributed by atoms with Crippen molar-refractivity contribution in [2.75, 3.05) is 25.0 Å². The number of carbonyl (C=O) groups is 1. The molecule has 1 aliphatic rings. The maximum atomic E-state index is 14.2. The number of urea groups is 1. The van der Waals surface area contributed by atoms with E-state index in [0.717, 1.165) is 30.7 Å². The molecule has 0 aliphatic carbocycles. The summed E-state index contributed by atoms with van der Waals surface area (Å²) in [6.07, 6.45) is -0.611. The van der Waals surface area contributed by atoms with Crippen molar-refractivity contribution in [3.05, 3.63) is 59.7 Å². The molecule has 1 aromatic carbocycles. The van der Waals surface area contributed by atoms with Gasteiger partial charge in [-0.25, -0.2) is 9.18 Å². The van der Waals surface area contributed by atoms with Crippen LogP contribution in [0.1, 0.15) is 24.5 Å². The fourth-order valence-corrected chi connectivity index (χ4v) is 3.56. The molecule has 5 nitrogen and oxygen atoms in total. The molecule has 0 spiro atoms. The Bertz CT molecular complexity index is 855. The summed E-state index contributed by atoms with van der Waals surface area (Å²) in [6.45, 7) is 4.25. The molecule has 1 unspecified atom stereocenters. The highest BCUT2D eigenvalue weighted by molar-refractivity contribution is 5.89. The normalized spacial score (nSPS) is 16.2. The number of nitrogens with one attached hydrogen (secondary N) is 1. The summed E-state index contributed by atoms with van der Waals surface area (Å²) in [5.41, 5.74) is -0.818. The molecule has 1 fully saturated rings. The first-order valence-electron chi connectivity index (χ1n) is 9.34. The second kappa shape index (κ2) is 11.5. The van der Waals surface area contributed by atoms with Crippen molar-refractivity contribution in [2.24, 2.45) is 0 Å². The van der Waals surface area contributed by atoms with Crippen LogP contribution in [-0.2, 0) is 12.7 Å². The maximum Gasteiger partial charge on any atom is 0.419 e. The van der Waals surface area contributed by atoms with Crippen molar-refractivity contribution in [3.63, 3.8) is 0 Å². The van der Waals surface area contributed by atoms with E-state index in [0.29, 0.717) is 25.7 Å². The predicted molar refractivity (Wildman–Crippen MR) is 115 cm³/mol. The van der Waals surface area contributed by atoms with Gasteiger partial charge < -0.3 is 10.2 Å². The number of amides is 2. The van der Waals surface area contributed by atoms with Gasteiger partial charge in [-0.05, 0) is 37.1 Å². The zero-order valence-corrected chi connectivity index (χ0v) is 18.4. The van der Waals surface area contributed by atoms with E-state index in [9.17, 15) is 22.4 Å². The average molecular weight is 483 g/mol. The molecule has 1 atom stereocenters. The number of halogens is 6. The fourth-order valence-electron chi connectivity index (χ4n) is 3.56. The van der Waals surface area contributed by atoms with Crippen molar-refractivity contribution in [3.8, 4) is 0 Å². The van der Waals surface area contributed by atoms with E-state index in [1.165, 1.54) is 4.90 Å². The van der Waals surface area contributed by atoms with Gasteiger partial charge in [-0.2, -0.15) is 13.2 Å². The number of pyridine rings is 1. The second-order valence-electron chi connectivity index (χ2n) is 6.92. The third-order valence-corrected chi connectivity index (χ3v) is 4.96. The van der Waals surface area contributed by atoms with Crippen LogP contribution in [0.3, 0.4) is 0 Å². The Morgan fingerprint density at radius 3 is 2.61 bits per heavy atom. The highest BCUT2D eigenvalue weighted by Crippen LogP contribution is 2.34. The molecule has 172 valence electrons. The van der Waals surface area contributed by atoms with E-state index < -0.39 is 29.3 Å². The fraction of sp³-hybridized carbons (Fsp3) is 0.400. The van der Waals surface area contributed by atoms with Crippen LogP contribution in [-0.4, -0.2) is 46.5 Å². The summed E-state index contributed by atoms with van der Waals surface area (Å²) < 4.78 is 52.9. The Labute approximate surface area is 190 Å². The average Bonchev–Trinajstić information content (AvgIpc) is 3.12. The molecular formula is C20H24Cl2F4N4O. The zero-order chi connectivity index (χ0) is 21.0. The number of nitrogens with zero attached hydrogens (tertiary/aromatic N) is 3. The molecule has 2 aromatic rings. The number of rotatable bonds is 5. The minimum atomic E-state index is -4.83. The Hall–Kier alpha value is -2.10. The highest BCUT2D eigenvalue weighted by atomic mass is 35.5. The van der Waals surface area contributed by atoms with Gasteiger partial charge in [0.05, 0.1) is 11.3 Å². The lowest BCUT2D eigenvalue weighted by Gasteiger charge is -2.28. The Morgan fingerprint density at radius 1 is 1.26 bits per heavy atom. The van der Waals surface area contributed by atoms with Crippen molar-refractivity contribution < 1.29 is 22.4 Å². The second-order valence-corrected chi connectivity index (χ2v) is 6.92. The van der Waals surface area contributed by atoms with Crippen LogP contribution in [0.5, 0.6) is 0 Å². The van der Waals surface area contributed by atoms with Crippen molar-refractivity contribution in [1.82, 2.24) is 14.8 Å². The number of carbonyl (C=O) groups excluding carboxylic acids is 1. The van der Waals surface area contributed by atoms with E-state index in [4.69, 9.17) is 0 Å². The quantitative estimate of drug-likeness (QED) is 0.594. The van der Waals surface area contributed by atoms with Crippen LogP contribution >= 0.6 is 24.8 Å². The number of hydrogen-bond donors (Lipinski definition) is 1. The molecule has 1 aromatic heterocycles. The summed E-state index contributed by atoms with van der Waals surface area (Å²) in [5, 5.41) is 2.30. The molecule has 31 heavy (non-hydrogen) atoms. The van der Waals surface area contributed by atoms with E-state index in [1.54, 1.807) is 19.3 Å². The monoisotopic (exact) mass is 482 g/mol. The van der Waals surface area contributed by atoms with Gasteiger partial charge in [-0.15, -0.1) is 24.8 Å². The van der Waals surface area contributed by atoms with E-state index in [1.807, 2.05) is 12.1 Å². The minimum absolute atomic E-state index is 0. The summed E-state index contributed by atoms with van der Waals surface area (Å²) in [4.78, 5) is 20.4. The van der Waals surface area contributed by atoms with E-state index in [2.05, 4.69) is 15.2 Å². The minimum Gasteiger partial charge on any atom is -0.320 e. The third kappa shape index (κ3) is 6.69. The third-order valence-electron chi connectivity index (χ3n) is 4.96. The topological polar surface area (TPSA) is 48.5 Å². The van der Waals surface area contributed by atoms with Crippen LogP contribution in [0.4, 0.5) is 28.0 Å². The van der Waals surface area contributed by atoms with E-state index >= 15 is 0 Å². The number of benzene rings is 1. The highest BCUT2D eigenvalue weighted by Gasteiger charge is 2.36. The molecule has 1 aliphatic heterocycles. The van der Waals surface area contributed by atoms with Crippen molar-refractivity contribution in [1.29, 1.82) is 0 Å². The number of alkyl halides is 3. The summed E-state index contributed by atoms with van der Waals surface area (Å²) in [6, 6.07) is 5.96. The lowest BCUT2D eigenvalue weighted by atomic mass is 10.1. The molecule has 0 radical (unpaired) electrons. The summed E-state index contributed by atoms with van der Waals surface area (Å²) in [7, 11) is 0. The van der Waals surface area contributed by atoms with Gasteiger partial charge in [-0.3, -0.25) is 9.88 Å². The number of hydrogen-bond acceptors (Lipinski definition) is 3. The standard InChI is InChI=1S/C20H22F4N4O.2ClH/c1-2-28(15-8-10-27(13-15)12-14-5-4-9-25-11-14)19(29)26-17-7-3-6-16(18(17)21)20(22,23)24;;/h3-7,9,11,15H,2,8,10,12-13H2,1H3,(H,26,29);2*1H. The molecule has 11 heteroatoms.